The van der Waals surface area contributed by atoms with Gasteiger partial charge >= 0.3 is 0 Å². The molecule has 2 aliphatic heterocycles. The van der Waals surface area contributed by atoms with Gasteiger partial charge in [0.25, 0.3) is 0 Å². The molecule has 1 N–H and O–H groups in total. The maximum absolute atomic E-state index is 6.29. The highest BCUT2D eigenvalue weighted by molar-refractivity contribution is 6.34. The predicted molar refractivity (Wildman–Crippen MR) is 65.3 cm³/mol. The van der Waals surface area contributed by atoms with E-state index in [1.807, 2.05) is 12.1 Å². The Labute approximate surface area is 105 Å². The number of ether oxygens (including phenoxy) is 1. The summed E-state index contributed by atoms with van der Waals surface area (Å²) in [6, 6.07) is 3.74. The van der Waals surface area contributed by atoms with E-state index in [1.54, 1.807) is 0 Å². The van der Waals surface area contributed by atoms with Crippen molar-refractivity contribution in [2.24, 2.45) is 0 Å². The SMILES string of the molecule is Clc1ccc(Cl)c2c1COC1CCNCC21. The normalized spacial score (nSPS) is 28.4. The van der Waals surface area contributed by atoms with Gasteiger partial charge in [-0.1, -0.05) is 23.2 Å². The third-order valence-corrected chi connectivity index (χ3v) is 4.16. The fourth-order valence-corrected chi connectivity index (χ4v) is 3.21. The zero-order chi connectivity index (χ0) is 11.1. The smallest absolute Gasteiger partial charge is 0.0738 e. The maximum Gasteiger partial charge on any atom is 0.0738 e. The van der Waals surface area contributed by atoms with E-state index in [2.05, 4.69) is 5.32 Å². The third-order valence-electron chi connectivity index (χ3n) is 3.48. The Balaban J connectivity index is 2.10. The molecule has 3 rings (SSSR count). The van der Waals surface area contributed by atoms with E-state index in [0.717, 1.165) is 35.1 Å². The first-order chi connectivity index (χ1) is 7.77. The zero-order valence-electron chi connectivity index (χ0n) is 8.80. The van der Waals surface area contributed by atoms with Gasteiger partial charge < -0.3 is 10.1 Å². The highest BCUT2D eigenvalue weighted by atomic mass is 35.5. The monoisotopic (exact) mass is 257 g/mol. The lowest BCUT2D eigenvalue weighted by atomic mass is 9.84. The van der Waals surface area contributed by atoms with Gasteiger partial charge in [0.15, 0.2) is 0 Å². The van der Waals surface area contributed by atoms with Crippen molar-refractivity contribution >= 4 is 23.2 Å². The molecule has 0 saturated carbocycles. The van der Waals surface area contributed by atoms with Gasteiger partial charge in [0.2, 0.25) is 0 Å². The molecule has 4 heteroatoms. The number of halogens is 2. The Bertz CT molecular complexity index is 422. The lowest BCUT2D eigenvalue weighted by Crippen LogP contribution is -2.42. The fourth-order valence-electron chi connectivity index (χ4n) is 2.67. The number of hydrogen-bond acceptors (Lipinski definition) is 2. The van der Waals surface area contributed by atoms with Gasteiger partial charge in [-0.3, -0.25) is 0 Å². The molecule has 0 bridgehead atoms. The van der Waals surface area contributed by atoms with Crippen molar-refractivity contribution < 1.29 is 4.74 Å². The number of hydrogen-bond donors (Lipinski definition) is 1. The highest BCUT2D eigenvalue weighted by Gasteiger charge is 2.34. The van der Waals surface area contributed by atoms with Crippen molar-refractivity contribution in [1.82, 2.24) is 5.32 Å². The van der Waals surface area contributed by atoms with E-state index in [-0.39, 0.29) is 0 Å². The molecule has 0 aliphatic carbocycles. The zero-order valence-corrected chi connectivity index (χ0v) is 10.3. The first-order valence-corrected chi connectivity index (χ1v) is 6.32. The molecule has 16 heavy (non-hydrogen) atoms. The minimum atomic E-state index is 0.296. The minimum Gasteiger partial charge on any atom is -0.373 e. The van der Waals surface area contributed by atoms with Crippen LogP contribution in [0.15, 0.2) is 12.1 Å². The molecule has 0 amide bonds. The Morgan fingerprint density at radius 3 is 2.94 bits per heavy atom. The summed E-state index contributed by atoms with van der Waals surface area (Å²) in [6.45, 7) is 2.54. The molecule has 2 nitrogen and oxygen atoms in total. The summed E-state index contributed by atoms with van der Waals surface area (Å²) in [5, 5.41) is 4.98. The van der Waals surface area contributed by atoms with Gasteiger partial charge in [-0.05, 0) is 30.7 Å². The molecule has 86 valence electrons. The van der Waals surface area contributed by atoms with Gasteiger partial charge in [0, 0.05) is 28.1 Å². The second kappa shape index (κ2) is 4.19. The van der Waals surface area contributed by atoms with Gasteiger partial charge in [-0.2, -0.15) is 0 Å². The topological polar surface area (TPSA) is 21.3 Å². The summed E-state index contributed by atoms with van der Waals surface area (Å²) >= 11 is 12.5. The first kappa shape index (κ1) is 10.8. The molecule has 1 fully saturated rings. The van der Waals surface area contributed by atoms with Crippen molar-refractivity contribution in [3.8, 4) is 0 Å². The average molecular weight is 258 g/mol. The number of rotatable bonds is 0. The molecule has 2 heterocycles. The van der Waals surface area contributed by atoms with Crippen LogP contribution in [0.4, 0.5) is 0 Å². The van der Waals surface area contributed by atoms with E-state index in [4.69, 9.17) is 27.9 Å². The number of fused-ring (bicyclic) bond motifs is 3. The molecule has 1 saturated heterocycles. The summed E-state index contributed by atoms with van der Waals surface area (Å²) in [4.78, 5) is 0. The standard InChI is InChI=1S/C12H13Cl2NO/c13-9-1-2-10(14)12-7-5-15-4-3-11(7)16-6-8(9)12/h1-2,7,11,15H,3-6H2. The van der Waals surface area contributed by atoms with Crippen LogP contribution in [0.5, 0.6) is 0 Å². The Hall–Kier alpha value is -0.280. The van der Waals surface area contributed by atoms with Crippen LogP contribution in [-0.4, -0.2) is 19.2 Å². The fraction of sp³-hybridized carbons (Fsp3) is 0.500. The molecular weight excluding hydrogens is 245 g/mol. The number of piperidine rings is 1. The lowest BCUT2D eigenvalue weighted by molar-refractivity contribution is -0.00671. The van der Waals surface area contributed by atoms with E-state index < -0.39 is 0 Å². The van der Waals surface area contributed by atoms with Crippen LogP contribution in [0.25, 0.3) is 0 Å². The van der Waals surface area contributed by atoms with Crippen LogP contribution in [0, 0.1) is 0 Å². The Morgan fingerprint density at radius 2 is 2.06 bits per heavy atom. The van der Waals surface area contributed by atoms with E-state index in [0.29, 0.717) is 18.6 Å². The van der Waals surface area contributed by atoms with E-state index in [9.17, 15) is 0 Å². The van der Waals surface area contributed by atoms with Crippen LogP contribution in [0.2, 0.25) is 10.0 Å². The van der Waals surface area contributed by atoms with Crippen molar-refractivity contribution in [3.63, 3.8) is 0 Å². The van der Waals surface area contributed by atoms with Crippen molar-refractivity contribution in [3.05, 3.63) is 33.3 Å². The van der Waals surface area contributed by atoms with Crippen LogP contribution in [0.3, 0.4) is 0 Å². The Morgan fingerprint density at radius 1 is 1.25 bits per heavy atom. The number of benzene rings is 1. The van der Waals surface area contributed by atoms with Gasteiger partial charge in [-0.25, -0.2) is 0 Å². The second-order valence-electron chi connectivity index (χ2n) is 4.37. The third kappa shape index (κ3) is 1.65. The van der Waals surface area contributed by atoms with Crippen LogP contribution in [0.1, 0.15) is 23.5 Å². The minimum absolute atomic E-state index is 0.296. The van der Waals surface area contributed by atoms with Crippen LogP contribution in [-0.2, 0) is 11.3 Å². The largest absolute Gasteiger partial charge is 0.373 e. The maximum atomic E-state index is 6.29. The van der Waals surface area contributed by atoms with Gasteiger partial charge in [0.05, 0.1) is 12.7 Å². The Kier molecular flexibility index (Phi) is 2.84. The quantitative estimate of drug-likeness (QED) is 0.772. The molecule has 2 unspecified atom stereocenters. The van der Waals surface area contributed by atoms with Crippen LogP contribution >= 0.6 is 23.2 Å². The van der Waals surface area contributed by atoms with Gasteiger partial charge in [0.1, 0.15) is 0 Å². The molecule has 0 radical (unpaired) electrons. The van der Waals surface area contributed by atoms with Crippen molar-refractivity contribution in [2.75, 3.05) is 13.1 Å². The van der Waals surface area contributed by atoms with E-state index >= 15 is 0 Å². The summed E-state index contributed by atoms with van der Waals surface area (Å²) in [5.74, 6) is 0.351. The second-order valence-corrected chi connectivity index (χ2v) is 5.18. The molecule has 0 spiro atoms. The summed E-state index contributed by atoms with van der Waals surface area (Å²) in [6.07, 6.45) is 1.34. The van der Waals surface area contributed by atoms with Crippen molar-refractivity contribution in [1.29, 1.82) is 0 Å². The molecular formula is C12H13Cl2NO. The van der Waals surface area contributed by atoms with Gasteiger partial charge in [-0.15, -0.1) is 0 Å². The summed E-state index contributed by atoms with van der Waals surface area (Å²) in [7, 11) is 0. The molecule has 2 atom stereocenters. The first-order valence-electron chi connectivity index (χ1n) is 5.56. The van der Waals surface area contributed by atoms with E-state index in [1.165, 1.54) is 5.56 Å². The predicted octanol–water partition coefficient (Wildman–Crippen LogP) is 2.97. The molecule has 1 aromatic carbocycles. The van der Waals surface area contributed by atoms with Crippen LogP contribution < -0.4 is 5.32 Å². The summed E-state index contributed by atoms with van der Waals surface area (Å²) < 4.78 is 5.86. The highest BCUT2D eigenvalue weighted by Crippen LogP contribution is 2.41. The molecule has 0 aromatic heterocycles. The van der Waals surface area contributed by atoms with Crippen molar-refractivity contribution in [2.45, 2.75) is 25.0 Å². The molecule has 1 aromatic rings. The summed E-state index contributed by atoms with van der Waals surface area (Å²) in [5.41, 5.74) is 2.26. The molecule has 2 aliphatic rings. The average Bonchev–Trinajstić information content (AvgIpc) is 2.33. The lowest BCUT2D eigenvalue weighted by Gasteiger charge is -2.38. The number of nitrogens with one attached hydrogen (secondary N) is 1.